The van der Waals surface area contributed by atoms with Gasteiger partial charge in [-0.1, -0.05) is 60.2 Å². The highest BCUT2D eigenvalue weighted by atomic mass is 16.3. The van der Waals surface area contributed by atoms with E-state index in [1.165, 1.54) is 0 Å². The lowest BCUT2D eigenvalue weighted by molar-refractivity contribution is 0.167. The second-order valence-electron chi connectivity index (χ2n) is 5.13. The van der Waals surface area contributed by atoms with Crippen molar-refractivity contribution in [1.82, 2.24) is 4.90 Å². The SMILES string of the molecule is Cc1cccc(C(C#N)N(CCO)Cc2ccccc2)c1. The van der Waals surface area contributed by atoms with Crippen molar-refractivity contribution in [2.45, 2.75) is 19.5 Å². The minimum Gasteiger partial charge on any atom is -0.395 e. The summed E-state index contributed by atoms with van der Waals surface area (Å²) in [6, 6.07) is 20.0. The Morgan fingerprint density at radius 1 is 1.14 bits per heavy atom. The molecule has 21 heavy (non-hydrogen) atoms. The standard InChI is InChI=1S/C18H20N2O/c1-15-6-5-9-17(12-15)18(13-19)20(10-11-21)14-16-7-3-2-4-8-16/h2-9,12,18,21H,10-11,14H2,1H3. The third-order valence-electron chi connectivity index (χ3n) is 3.46. The molecule has 0 aliphatic heterocycles. The van der Waals surface area contributed by atoms with Gasteiger partial charge in [0.2, 0.25) is 0 Å². The molecule has 0 saturated carbocycles. The zero-order chi connectivity index (χ0) is 15.1. The van der Waals surface area contributed by atoms with Crippen molar-refractivity contribution >= 4 is 0 Å². The Kier molecular flexibility index (Phi) is 5.51. The van der Waals surface area contributed by atoms with E-state index >= 15 is 0 Å². The van der Waals surface area contributed by atoms with E-state index < -0.39 is 0 Å². The molecule has 2 rings (SSSR count). The Morgan fingerprint density at radius 3 is 2.52 bits per heavy atom. The van der Waals surface area contributed by atoms with Gasteiger partial charge in [-0.15, -0.1) is 0 Å². The van der Waals surface area contributed by atoms with E-state index in [1.54, 1.807) is 0 Å². The maximum atomic E-state index is 9.57. The van der Waals surface area contributed by atoms with Crippen molar-refractivity contribution < 1.29 is 5.11 Å². The highest BCUT2D eigenvalue weighted by molar-refractivity contribution is 5.29. The highest BCUT2D eigenvalue weighted by Crippen LogP contribution is 2.22. The summed E-state index contributed by atoms with van der Waals surface area (Å²) in [5.74, 6) is 0. The molecule has 0 heterocycles. The molecule has 3 nitrogen and oxygen atoms in total. The fraction of sp³-hybridized carbons (Fsp3) is 0.278. The molecule has 108 valence electrons. The number of nitrogens with zero attached hydrogens (tertiary/aromatic N) is 2. The molecule has 0 bridgehead atoms. The topological polar surface area (TPSA) is 47.3 Å². The smallest absolute Gasteiger partial charge is 0.124 e. The first-order chi connectivity index (χ1) is 10.2. The molecule has 0 aromatic heterocycles. The summed E-state index contributed by atoms with van der Waals surface area (Å²) in [5.41, 5.74) is 3.25. The van der Waals surface area contributed by atoms with E-state index in [1.807, 2.05) is 66.4 Å². The molecule has 3 heteroatoms. The summed E-state index contributed by atoms with van der Waals surface area (Å²) in [7, 11) is 0. The minimum absolute atomic E-state index is 0.0385. The fourth-order valence-corrected chi connectivity index (χ4v) is 2.45. The van der Waals surface area contributed by atoms with Gasteiger partial charge in [-0.05, 0) is 18.1 Å². The van der Waals surface area contributed by atoms with Crippen molar-refractivity contribution in [1.29, 1.82) is 5.26 Å². The lowest BCUT2D eigenvalue weighted by atomic mass is 10.0. The molecule has 0 aliphatic rings. The maximum Gasteiger partial charge on any atom is 0.124 e. The second-order valence-corrected chi connectivity index (χ2v) is 5.13. The van der Waals surface area contributed by atoms with Crippen LogP contribution in [0.2, 0.25) is 0 Å². The second kappa shape index (κ2) is 7.58. The summed E-state index contributed by atoms with van der Waals surface area (Å²) in [6.07, 6.45) is 0. The lowest BCUT2D eigenvalue weighted by Crippen LogP contribution is -2.30. The predicted octanol–water partition coefficient (Wildman–Crippen LogP) is 3.05. The van der Waals surface area contributed by atoms with Gasteiger partial charge in [0.25, 0.3) is 0 Å². The van der Waals surface area contributed by atoms with Gasteiger partial charge in [-0.2, -0.15) is 5.26 Å². The Bertz CT molecular complexity index is 604. The number of hydrogen-bond donors (Lipinski definition) is 1. The van der Waals surface area contributed by atoms with Crippen molar-refractivity contribution in [2.75, 3.05) is 13.2 Å². The van der Waals surface area contributed by atoms with Gasteiger partial charge in [0, 0.05) is 13.1 Å². The average Bonchev–Trinajstić information content (AvgIpc) is 2.49. The molecule has 0 amide bonds. The Morgan fingerprint density at radius 2 is 1.90 bits per heavy atom. The summed E-state index contributed by atoms with van der Waals surface area (Å²) in [4.78, 5) is 2.00. The van der Waals surface area contributed by atoms with Crippen LogP contribution in [0.15, 0.2) is 54.6 Å². The van der Waals surface area contributed by atoms with Crippen molar-refractivity contribution in [2.24, 2.45) is 0 Å². The summed E-state index contributed by atoms with van der Waals surface area (Å²) in [6.45, 7) is 3.18. The van der Waals surface area contributed by atoms with Crippen LogP contribution in [0.4, 0.5) is 0 Å². The average molecular weight is 280 g/mol. The van der Waals surface area contributed by atoms with Crippen molar-refractivity contribution in [3.63, 3.8) is 0 Å². The zero-order valence-electron chi connectivity index (χ0n) is 12.2. The largest absolute Gasteiger partial charge is 0.395 e. The normalized spacial score (nSPS) is 12.1. The van der Waals surface area contributed by atoms with E-state index in [2.05, 4.69) is 6.07 Å². The Balaban J connectivity index is 2.24. The maximum absolute atomic E-state index is 9.57. The Hall–Kier alpha value is -2.15. The molecule has 0 radical (unpaired) electrons. The van der Waals surface area contributed by atoms with Gasteiger partial charge in [-0.25, -0.2) is 0 Å². The van der Waals surface area contributed by atoms with Crippen LogP contribution in [0.1, 0.15) is 22.7 Å². The molecule has 0 spiro atoms. The first kappa shape index (κ1) is 15.2. The number of rotatable bonds is 6. The van der Waals surface area contributed by atoms with Crippen LogP contribution >= 0.6 is 0 Å². The zero-order valence-corrected chi connectivity index (χ0v) is 12.2. The molecular weight excluding hydrogens is 260 g/mol. The summed E-state index contributed by atoms with van der Waals surface area (Å²) >= 11 is 0. The molecule has 1 atom stereocenters. The van der Waals surface area contributed by atoms with Crippen LogP contribution in [0, 0.1) is 18.3 Å². The van der Waals surface area contributed by atoms with Gasteiger partial charge in [0.1, 0.15) is 6.04 Å². The van der Waals surface area contributed by atoms with Crippen LogP contribution in [0.5, 0.6) is 0 Å². The molecule has 1 N–H and O–H groups in total. The van der Waals surface area contributed by atoms with Crippen LogP contribution in [-0.4, -0.2) is 23.2 Å². The van der Waals surface area contributed by atoms with Crippen LogP contribution < -0.4 is 0 Å². The number of hydrogen-bond acceptors (Lipinski definition) is 3. The minimum atomic E-state index is -0.350. The molecule has 0 saturated heterocycles. The van der Waals surface area contributed by atoms with E-state index in [0.717, 1.165) is 16.7 Å². The first-order valence-corrected chi connectivity index (χ1v) is 7.09. The summed E-state index contributed by atoms with van der Waals surface area (Å²) in [5, 5.41) is 18.9. The molecular formula is C18H20N2O. The number of aryl methyl sites for hydroxylation is 1. The molecule has 1 unspecified atom stereocenters. The van der Waals surface area contributed by atoms with Crippen molar-refractivity contribution in [3.8, 4) is 6.07 Å². The fourth-order valence-electron chi connectivity index (χ4n) is 2.45. The van der Waals surface area contributed by atoms with Crippen LogP contribution in [-0.2, 0) is 6.54 Å². The summed E-state index contributed by atoms with van der Waals surface area (Å²) < 4.78 is 0. The lowest BCUT2D eigenvalue weighted by Gasteiger charge is -2.27. The number of aliphatic hydroxyl groups is 1. The number of nitriles is 1. The van der Waals surface area contributed by atoms with Gasteiger partial charge in [-0.3, -0.25) is 4.90 Å². The van der Waals surface area contributed by atoms with Gasteiger partial charge >= 0.3 is 0 Å². The van der Waals surface area contributed by atoms with Crippen molar-refractivity contribution in [3.05, 3.63) is 71.3 Å². The molecule has 0 fully saturated rings. The number of benzene rings is 2. The van der Waals surface area contributed by atoms with Crippen LogP contribution in [0.25, 0.3) is 0 Å². The van der Waals surface area contributed by atoms with E-state index in [0.29, 0.717) is 13.1 Å². The third-order valence-corrected chi connectivity index (χ3v) is 3.46. The van der Waals surface area contributed by atoms with E-state index in [4.69, 9.17) is 0 Å². The highest BCUT2D eigenvalue weighted by Gasteiger charge is 2.20. The van der Waals surface area contributed by atoms with Gasteiger partial charge in [0.05, 0.1) is 12.7 Å². The monoisotopic (exact) mass is 280 g/mol. The van der Waals surface area contributed by atoms with Crippen LogP contribution in [0.3, 0.4) is 0 Å². The third kappa shape index (κ3) is 4.16. The molecule has 2 aromatic carbocycles. The van der Waals surface area contributed by atoms with E-state index in [-0.39, 0.29) is 12.6 Å². The van der Waals surface area contributed by atoms with E-state index in [9.17, 15) is 10.4 Å². The number of aliphatic hydroxyl groups excluding tert-OH is 1. The van der Waals surface area contributed by atoms with Gasteiger partial charge < -0.3 is 5.11 Å². The van der Waals surface area contributed by atoms with Gasteiger partial charge in [0.15, 0.2) is 0 Å². The predicted molar refractivity (Wildman–Crippen MR) is 83.5 cm³/mol. The molecule has 2 aromatic rings. The first-order valence-electron chi connectivity index (χ1n) is 7.09. The quantitative estimate of drug-likeness (QED) is 0.884. The molecule has 0 aliphatic carbocycles. The Labute approximate surface area is 126 Å².